The zero-order valence-electron chi connectivity index (χ0n) is 15.7. The average molecular weight is 405 g/mol. The van der Waals surface area contributed by atoms with E-state index in [0.29, 0.717) is 32.2 Å². The highest BCUT2D eigenvalue weighted by Crippen LogP contribution is 2.41. The summed E-state index contributed by atoms with van der Waals surface area (Å²) < 4.78 is 19.1. The van der Waals surface area contributed by atoms with E-state index in [4.69, 9.17) is 4.74 Å². The van der Waals surface area contributed by atoms with Gasteiger partial charge in [-0.05, 0) is 30.5 Å². The minimum Gasteiger partial charge on any atom is -0.379 e. The van der Waals surface area contributed by atoms with Gasteiger partial charge in [0.25, 0.3) is 0 Å². The number of rotatable bonds is 7. The Bertz CT molecular complexity index is 805. The highest BCUT2D eigenvalue weighted by Gasteiger charge is 2.27. The van der Waals surface area contributed by atoms with Crippen LogP contribution in [0.25, 0.3) is 0 Å². The number of aromatic nitrogens is 1. The molecule has 1 saturated heterocycles. The summed E-state index contributed by atoms with van der Waals surface area (Å²) in [5.41, 5.74) is 1.76. The van der Waals surface area contributed by atoms with Gasteiger partial charge >= 0.3 is 6.03 Å². The number of urea groups is 1. The van der Waals surface area contributed by atoms with Crippen LogP contribution in [0.1, 0.15) is 41.1 Å². The number of nitrogens with one attached hydrogen (secondary N) is 2. The smallest absolute Gasteiger partial charge is 0.315 e. The van der Waals surface area contributed by atoms with Crippen LogP contribution in [-0.2, 0) is 11.3 Å². The molecule has 1 saturated carbocycles. The molecule has 4 rings (SSSR count). The minimum atomic E-state index is -0.268. The summed E-state index contributed by atoms with van der Waals surface area (Å²) in [4.78, 5) is 19.1. The lowest BCUT2D eigenvalue weighted by Gasteiger charge is -2.34. The summed E-state index contributed by atoms with van der Waals surface area (Å²) in [6, 6.07) is 6.25. The number of carbonyl (C=O) groups is 1. The van der Waals surface area contributed by atoms with Crippen molar-refractivity contribution >= 4 is 17.4 Å². The molecule has 28 heavy (non-hydrogen) atoms. The zero-order chi connectivity index (χ0) is 19.3. The summed E-state index contributed by atoms with van der Waals surface area (Å²) in [7, 11) is 0. The van der Waals surface area contributed by atoms with Crippen LogP contribution in [0.3, 0.4) is 0 Å². The van der Waals surface area contributed by atoms with Crippen molar-refractivity contribution in [1.82, 2.24) is 20.5 Å². The van der Waals surface area contributed by atoms with E-state index < -0.39 is 0 Å². The second-order valence-corrected chi connectivity index (χ2v) is 8.12. The molecule has 1 atom stereocenters. The van der Waals surface area contributed by atoms with Gasteiger partial charge in [-0.2, -0.15) is 0 Å². The summed E-state index contributed by atoms with van der Waals surface area (Å²) in [5, 5.41) is 8.99. The molecule has 8 heteroatoms. The maximum atomic E-state index is 13.7. The number of hydrogen-bond donors (Lipinski definition) is 2. The highest BCUT2D eigenvalue weighted by atomic mass is 32.1. The van der Waals surface area contributed by atoms with Gasteiger partial charge in [0.1, 0.15) is 5.82 Å². The minimum absolute atomic E-state index is 0.0916. The summed E-state index contributed by atoms with van der Waals surface area (Å²) in [6.45, 7) is 3.62. The third-order valence-electron chi connectivity index (χ3n) is 5.10. The van der Waals surface area contributed by atoms with E-state index in [-0.39, 0.29) is 17.9 Å². The van der Waals surface area contributed by atoms with Crippen LogP contribution in [0.5, 0.6) is 0 Å². The Hall–Kier alpha value is -2.03. The number of amides is 2. The first-order valence-electron chi connectivity index (χ1n) is 9.72. The molecule has 0 spiro atoms. The van der Waals surface area contributed by atoms with Gasteiger partial charge in [-0.25, -0.2) is 14.2 Å². The molecule has 0 bridgehead atoms. The lowest BCUT2D eigenvalue weighted by molar-refractivity contribution is 0.0166. The lowest BCUT2D eigenvalue weighted by atomic mass is 10.0. The number of benzene rings is 1. The van der Waals surface area contributed by atoms with Gasteiger partial charge in [0.2, 0.25) is 0 Å². The number of thiazole rings is 1. The van der Waals surface area contributed by atoms with Crippen LogP contribution in [-0.4, -0.2) is 48.8 Å². The third-order valence-corrected chi connectivity index (χ3v) is 6.16. The second-order valence-electron chi connectivity index (χ2n) is 7.23. The van der Waals surface area contributed by atoms with Gasteiger partial charge < -0.3 is 15.4 Å². The summed E-state index contributed by atoms with van der Waals surface area (Å²) in [5.74, 6) is 0.364. The second kappa shape index (κ2) is 8.98. The van der Waals surface area contributed by atoms with Gasteiger partial charge in [0.05, 0.1) is 36.5 Å². The third kappa shape index (κ3) is 5.06. The Morgan fingerprint density at radius 3 is 2.89 bits per heavy atom. The van der Waals surface area contributed by atoms with Crippen LogP contribution in [0.15, 0.2) is 29.6 Å². The fraction of sp³-hybridized carbons (Fsp3) is 0.500. The van der Waals surface area contributed by atoms with E-state index in [1.54, 1.807) is 17.4 Å². The molecule has 150 valence electrons. The Balaban J connectivity index is 1.32. The normalized spacial score (nSPS) is 18.6. The van der Waals surface area contributed by atoms with Crippen molar-refractivity contribution in [3.63, 3.8) is 0 Å². The highest BCUT2D eigenvalue weighted by molar-refractivity contribution is 7.09. The molecule has 2 fully saturated rings. The Morgan fingerprint density at radius 1 is 1.32 bits per heavy atom. The molecule has 2 heterocycles. The molecule has 2 amide bonds. The topological polar surface area (TPSA) is 66.5 Å². The number of nitrogens with zero attached hydrogens (tertiary/aromatic N) is 2. The lowest BCUT2D eigenvalue weighted by Crippen LogP contribution is -2.45. The quantitative estimate of drug-likeness (QED) is 0.745. The largest absolute Gasteiger partial charge is 0.379 e. The van der Waals surface area contributed by atoms with Gasteiger partial charge in [-0.3, -0.25) is 4.90 Å². The molecule has 2 aromatic rings. The molecule has 0 radical (unpaired) electrons. The van der Waals surface area contributed by atoms with Crippen molar-refractivity contribution < 1.29 is 13.9 Å². The van der Waals surface area contributed by atoms with Gasteiger partial charge in [-0.1, -0.05) is 12.1 Å². The monoisotopic (exact) mass is 404 g/mol. The zero-order valence-corrected chi connectivity index (χ0v) is 16.5. The number of hydrogen-bond acceptors (Lipinski definition) is 5. The van der Waals surface area contributed by atoms with E-state index in [2.05, 4.69) is 20.5 Å². The number of halogens is 1. The van der Waals surface area contributed by atoms with E-state index >= 15 is 0 Å². The van der Waals surface area contributed by atoms with Crippen LogP contribution in [0.4, 0.5) is 9.18 Å². The van der Waals surface area contributed by atoms with E-state index in [0.717, 1.165) is 24.3 Å². The molecule has 1 aromatic heterocycles. The maximum Gasteiger partial charge on any atom is 0.315 e. The first kappa shape index (κ1) is 19.3. The van der Waals surface area contributed by atoms with Crippen molar-refractivity contribution in [2.75, 3.05) is 32.8 Å². The van der Waals surface area contributed by atoms with Gasteiger partial charge in [0.15, 0.2) is 0 Å². The van der Waals surface area contributed by atoms with Crippen molar-refractivity contribution in [1.29, 1.82) is 0 Å². The van der Waals surface area contributed by atoms with E-state index in [1.807, 2.05) is 11.4 Å². The van der Waals surface area contributed by atoms with Crippen LogP contribution >= 0.6 is 11.3 Å². The fourth-order valence-electron chi connectivity index (χ4n) is 3.41. The SMILES string of the molecule is O=C(NCc1csc(C2CC2)n1)NCC(c1cccc(F)c1)N1CCOCC1. The number of ether oxygens (including phenoxy) is 1. The molecule has 6 nitrogen and oxygen atoms in total. The Labute approximate surface area is 168 Å². The predicted molar refractivity (Wildman–Crippen MR) is 106 cm³/mol. The number of morpholine rings is 1. The van der Waals surface area contributed by atoms with Crippen molar-refractivity contribution in [3.05, 3.63) is 51.7 Å². The summed E-state index contributed by atoms with van der Waals surface area (Å²) in [6.07, 6.45) is 2.45. The van der Waals surface area contributed by atoms with E-state index in [1.165, 1.54) is 30.0 Å². The van der Waals surface area contributed by atoms with Gasteiger partial charge in [-0.15, -0.1) is 11.3 Å². The molecule has 2 N–H and O–H groups in total. The first-order chi connectivity index (χ1) is 13.7. The molecule has 1 aromatic carbocycles. The first-order valence-corrected chi connectivity index (χ1v) is 10.6. The van der Waals surface area contributed by atoms with Crippen molar-refractivity contribution in [2.45, 2.75) is 31.3 Å². The van der Waals surface area contributed by atoms with Crippen LogP contribution in [0, 0.1) is 5.82 Å². The Morgan fingerprint density at radius 2 is 2.14 bits per heavy atom. The molecule has 1 aliphatic carbocycles. The Kier molecular flexibility index (Phi) is 6.19. The van der Waals surface area contributed by atoms with Crippen LogP contribution < -0.4 is 10.6 Å². The number of carbonyl (C=O) groups excluding carboxylic acids is 1. The van der Waals surface area contributed by atoms with Crippen molar-refractivity contribution in [2.24, 2.45) is 0 Å². The standard InChI is InChI=1S/C20H25FN4O2S/c21-16-3-1-2-15(10-16)18(25-6-8-27-9-7-25)12-23-20(26)22-11-17-13-28-19(24-17)14-4-5-14/h1-3,10,13-14,18H,4-9,11-12H2,(H2,22,23,26). The molecule has 2 aliphatic rings. The van der Waals surface area contributed by atoms with Gasteiger partial charge in [0, 0.05) is 30.9 Å². The molecular formula is C20H25FN4O2S. The fourth-order valence-corrected chi connectivity index (χ4v) is 4.40. The summed E-state index contributed by atoms with van der Waals surface area (Å²) >= 11 is 1.67. The predicted octanol–water partition coefficient (Wildman–Crippen LogP) is 3.03. The van der Waals surface area contributed by atoms with E-state index in [9.17, 15) is 9.18 Å². The maximum absolute atomic E-state index is 13.7. The molecular weight excluding hydrogens is 379 g/mol. The van der Waals surface area contributed by atoms with Crippen LogP contribution in [0.2, 0.25) is 0 Å². The molecule has 1 unspecified atom stereocenters. The average Bonchev–Trinajstić information content (AvgIpc) is 3.45. The molecule has 1 aliphatic heterocycles. The van der Waals surface area contributed by atoms with Crippen molar-refractivity contribution in [3.8, 4) is 0 Å².